The van der Waals surface area contributed by atoms with E-state index in [1.165, 1.54) is 0 Å². The summed E-state index contributed by atoms with van der Waals surface area (Å²) in [5.74, 6) is -0.838. The van der Waals surface area contributed by atoms with Crippen molar-refractivity contribution in [1.82, 2.24) is 0 Å². The zero-order valence-electron chi connectivity index (χ0n) is 7.67. The van der Waals surface area contributed by atoms with Crippen molar-refractivity contribution in [3.8, 4) is 0 Å². The van der Waals surface area contributed by atoms with E-state index in [-0.39, 0.29) is 6.61 Å². The molecule has 0 fully saturated rings. The highest BCUT2D eigenvalue weighted by atomic mass is 79.9. The van der Waals surface area contributed by atoms with Crippen LogP contribution in [-0.4, -0.2) is 12.6 Å². The predicted molar refractivity (Wildman–Crippen MR) is 54.6 cm³/mol. The van der Waals surface area contributed by atoms with Gasteiger partial charge in [0, 0.05) is 4.47 Å². The van der Waals surface area contributed by atoms with Crippen LogP contribution in [0.4, 0.5) is 4.39 Å². The van der Waals surface area contributed by atoms with Gasteiger partial charge in [-0.3, -0.25) is 0 Å². The second kappa shape index (κ2) is 5.10. The quantitative estimate of drug-likeness (QED) is 0.782. The summed E-state index contributed by atoms with van der Waals surface area (Å²) in [6.07, 6.45) is -1.69. The van der Waals surface area contributed by atoms with E-state index in [0.29, 0.717) is 5.56 Å². The lowest BCUT2D eigenvalue weighted by Crippen LogP contribution is -2.11. The molecule has 1 aromatic carbocycles. The summed E-state index contributed by atoms with van der Waals surface area (Å²) in [5.41, 5.74) is 0.312. The van der Waals surface area contributed by atoms with E-state index in [4.69, 9.17) is 0 Å². The van der Waals surface area contributed by atoms with E-state index < -0.39 is 12.1 Å². The van der Waals surface area contributed by atoms with Gasteiger partial charge in [0.15, 0.2) is 0 Å². The second-order valence-corrected chi connectivity index (χ2v) is 3.58. The molecule has 0 amide bonds. The molecule has 1 atom stereocenters. The Kier molecular flexibility index (Phi) is 4.07. The fraction of sp³-hybridized carbons (Fsp3) is 0.300. The van der Waals surface area contributed by atoms with Gasteiger partial charge in [0.2, 0.25) is 6.17 Å². The number of carbonyl (C=O) groups is 1. The highest BCUT2D eigenvalue weighted by Crippen LogP contribution is 2.21. The lowest BCUT2D eigenvalue weighted by Gasteiger charge is -2.07. The van der Waals surface area contributed by atoms with E-state index >= 15 is 0 Å². The molecule has 1 aromatic rings. The van der Waals surface area contributed by atoms with Gasteiger partial charge in [-0.1, -0.05) is 28.1 Å². The van der Waals surface area contributed by atoms with Crippen LogP contribution in [0.2, 0.25) is 0 Å². The Balaban J connectivity index is 2.73. The molecule has 0 aliphatic heterocycles. The predicted octanol–water partition coefficient (Wildman–Crippen LogP) is 3.02. The van der Waals surface area contributed by atoms with E-state index in [0.717, 1.165) is 4.47 Å². The minimum Gasteiger partial charge on any atom is -0.464 e. The van der Waals surface area contributed by atoms with Crippen molar-refractivity contribution in [2.45, 2.75) is 13.1 Å². The summed E-state index contributed by atoms with van der Waals surface area (Å²) in [6, 6.07) is 6.46. The highest BCUT2D eigenvalue weighted by molar-refractivity contribution is 9.10. The third kappa shape index (κ3) is 2.80. The number of benzene rings is 1. The summed E-state index contributed by atoms with van der Waals surface area (Å²) in [5, 5.41) is 0. The molecule has 0 heterocycles. The maximum absolute atomic E-state index is 13.4. The Morgan fingerprint density at radius 2 is 2.07 bits per heavy atom. The first-order valence-electron chi connectivity index (χ1n) is 4.21. The van der Waals surface area contributed by atoms with Crippen LogP contribution in [0.3, 0.4) is 0 Å². The minimum atomic E-state index is -1.69. The largest absolute Gasteiger partial charge is 0.464 e. The van der Waals surface area contributed by atoms with Crippen LogP contribution in [0.15, 0.2) is 28.7 Å². The van der Waals surface area contributed by atoms with Crippen molar-refractivity contribution in [1.29, 1.82) is 0 Å². The van der Waals surface area contributed by atoms with Gasteiger partial charge in [-0.25, -0.2) is 9.18 Å². The number of ether oxygens (including phenoxy) is 1. The summed E-state index contributed by atoms with van der Waals surface area (Å²) in [6.45, 7) is 1.84. The van der Waals surface area contributed by atoms with E-state index in [1.54, 1.807) is 31.2 Å². The summed E-state index contributed by atoms with van der Waals surface area (Å²) in [4.78, 5) is 11.0. The first-order valence-corrected chi connectivity index (χ1v) is 5.00. The van der Waals surface area contributed by atoms with Crippen molar-refractivity contribution >= 4 is 21.9 Å². The number of rotatable bonds is 3. The molecule has 0 bridgehead atoms. The van der Waals surface area contributed by atoms with Crippen LogP contribution >= 0.6 is 15.9 Å². The first kappa shape index (κ1) is 11.2. The molecule has 0 spiro atoms. The molecule has 14 heavy (non-hydrogen) atoms. The smallest absolute Gasteiger partial charge is 0.345 e. The summed E-state index contributed by atoms with van der Waals surface area (Å²) in [7, 11) is 0. The molecule has 0 aliphatic rings. The number of esters is 1. The Hall–Kier alpha value is -0.900. The molecule has 76 valence electrons. The van der Waals surface area contributed by atoms with E-state index in [2.05, 4.69) is 20.7 Å². The summed E-state index contributed by atoms with van der Waals surface area (Å²) < 4.78 is 18.8. The fourth-order valence-corrected chi connectivity index (χ4v) is 1.25. The Bertz CT molecular complexity index is 310. The number of carbonyl (C=O) groups excluding carboxylic acids is 1. The topological polar surface area (TPSA) is 26.3 Å². The number of hydrogen-bond acceptors (Lipinski definition) is 2. The van der Waals surface area contributed by atoms with Crippen molar-refractivity contribution in [2.24, 2.45) is 0 Å². The first-order chi connectivity index (χ1) is 6.65. The zero-order chi connectivity index (χ0) is 10.6. The molecular formula is C10H10BrFO2. The van der Waals surface area contributed by atoms with Crippen molar-refractivity contribution in [3.05, 3.63) is 34.3 Å². The molecule has 0 aliphatic carbocycles. The van der Waals surface area contributed by atoms with Crippen LogP contribution in [0, 0.1) is 0 Å². The van der Waals surface area contributed by atoms with Crippen molar-refractivity contribution in [2.75, 3.05) is 6.61 Å². The van der Waals surface area contributed by atoms with Crippen LogP contribution in [0.5, 0.6) is 0 Å². The second-order valence-electron chi connectivity index (χ2n) is 2.67. The molecule has 1 rings (SSSR count). The standard InChI is InChI=1S/C10H10BrFO2/c1-2-14-10(13)9(12)7-3-5-8(11)6-4-7/h3-6,9H,2H2,1H3. The maximum Gasteiger partial charge on any atom is 0.345 e. The lowest BCUT2D eigenvalue weighted by atomic mass is 10.1. The van der Waals surface area contributed by atoms with Gasteiger partial charge < -0.3 is 4.74 Å². The third-order valence-electron chi connectivity index (χ3n) is 1.66. The maximum atomic E-state index is 13.4. The number of halogens is 2. The highest BCUT2D eigenvalue weighted by Gasteiger charge is 2.20. The fourth-order valence-electron chi connectivity index (χ4n) is 0.983. The van der Waals surface area contributed by atoms with Gasteiger partial charge in [-0.05, 0) is 24.6 Å². The average molecular weight is 261 g/mol. The molecule has 0 radical (unpaired) electrons. The third-order valence-corrected chi connectivity index (χ3v) is 2.18. The van der Waals surface area contributed by atoms with Crippen LogP contribution < -0.4 is 0 Å². The van der Waals surface area contributed by atoms with Crippen molar-refractivity contribution < 1.29 is 13.9 Å². The average Bonchev–Trinajstić information content (AvgIpc) is 2.18. The minimum absolute atomic E-state index is 0.190. The van der Waals surface area contributed by atoms with Gasteiger partial charge >= 0.3 is 5.97 Å². The van der Waals surface area contributed by atoms with Gasteiger partial charge in [0.25, 0.3) is 0 Å². The van der Waals surface area contributed by atoms with Gasteiger partial charge in [0.05, 0.1) is 6.61 Å². The van der Waals surface area contributed by atoms with Crippen LogP contribution in [0.25, 0.3) is 0 Å². The number of alkyl halides is 1. The van der Waals surface area contributed by atoms with Crippen molar-refractivity contribution in [3.63, 3.8) is 0 Å². The Labute approximate surface area is 90.2 Å². The van der Waals surface area contributed by atoms with Gasteiger partial charge in [-0.15, -0.1) is 0 Å². The Morgan fingerprint density at radius 3 is 2.57 bits per heavy atom. The lowest BCUT2D eigenvalue weighted by molar-refractivity contribution is -0.149. The molecule has 0 N–H and O–H groups in total. The van der Waals surface area contributed by atoms with Gasteiger partial charge in [-0.2, -0.15) is 0 Å². The molecule has 0 saturated heterocycles. The molecule has 0 aromatic heterocycles. The molecule has 2 nitrogen and oxygen atoms in total. The van der Waals surface area contributed by atoms with Crippen LogP contribution in [0.1, 0.15) is 18.7 Å². The summed E-state index contributed by atoms with van der Waals surface area (Å²) >= 11 is 3.22. The zero-order valence-corrected chi connectivity index (χ0v) is 9.25. The van der Waals surface area contributed by atoms with E-state index in [9.17, 15) is 9.18 Å². The van der Waals surface area contributed by atoms with E-state index in [1.807, 2.05) is 0 Å². The molecule has 0 saturated carbocycles. The van der Waals surface area contributed by atoms with Crippen LogP contribution in [-0.2, 0) is 9.53 Å². The molecule has 4 heteroatoms. The SMILES string of the molecule is CCOC(=O)C(F)c1ccc(Br)cc1. The molecular weight excluding hydrogens is 251 g/mol. The van der Waals surface area contributed by atoms with Gasteiger partial charge in [0.1, 0.15) is 0 Å². The molecule has 1 unspecified atom stereocenters. The number of hydrogen-bond donors (Lipinski definition) is 0. The Morgan fingerprint density at radius 1 is 1.50 bits per heavy atom. The monoisotopic (exact) mass is 260 g/mol. The normalized spacial score (nSPS) is 12.2.